The van der Waals surface area contributed by atoms with Crippen LogP contribution in [0.1, 0.15) is 5.56 Å². The first-order valence-corrected chi connectivity index (χ1v) is 6.58. The molecule has 1 fully saturated rings. The van der Waals surface area contributed by atoms with Crippen molar-refractivity contribution in [1.29, 1.82) is 0 Å². The Balaban J connectivity index is 1.68. The average molecular weight is 249 g/mol. The third-order valence-electron chi connectivity index (χ3n) is 3.41. The van der Waals surface area contributed by atoms with Gasteiger partial charge in [0.2, 0.25) is 0 Å². The molecular weight excluding hydrogens is 226 g/mol. The van der Waals surface area contributed by atoms with E-state index in [1.165, 1.54) is 5.56 Å². The van der Waals surface area contributed by atoms with Crippen molar-refractivity contribution >= 4 is 0 Å². The van der Waals surface area contributed by atoms with Gasteiger partial charge in [0.05, 0.1) is 7.11 Å². The van der Waals surface area contributed by atoms with Gasteiger partial charge in [0, 0.05) is 32.7 Å². The molecule has 0 spiro atoms. The van der Waals surface area contributed by atoms with E-state index in [4.69, 9.17) is 4.74 Å². The lowest BCUT2D eigenvalue weighted by Crippen LogP contribution is -2.51. The molecular formula is C14H23N3O. The van der Waals surface area contributed by atoms with E-state index in [1.807, 2.05) is 12.1 Å². The molecule has 1 N–H and O–H groups in total. The highest BCUT2D eigenvalue weighted by Gasteiger charge is 2.12. The van der Waals surface area contributed by atoms with Crippen LogP contribution in [-0.4, -0.2) is 56.8 Å². The molecule has 100 valence electrons. The maximum Gasteiger partial charge on any atom is 0.118 e. The summed E-state index contributed by atoms with van der Waals surface area (Å²) in [5, 5.41) is 2.32. The molecule has 0 atom stereocenters. The lowest BCUT2D eigenvalue weighted by molar-refractivity contribution is 0.105. The smallest absolute Gasteiger partial charge is 0.118 e. The minimum Gasteiger partial charge on any atom is -0.497 e. The Morgan fingerprint density at radius 2 is 1.78 bits per heavy atom. The zero-order valence-corrected chi connectivity index (χ0v) is 11.4. The monoisotopic (exact) mass is 249 g/mol. The Kier molecular flexibility index (Phi) is 4.99. The van der Waals surface area contributed by atoms with Gasteiger partial charge in [-0.05, 0) is 31.2 Å². The number of benzene rings is 1. The summed E-state index contributed by atoms with van der Waals surface area (Å²) in [4.78, 5) is 2.36. The van der Waals surface area contributed by atoms with Gasteiger partial charge >= 0.3 is 0 Å². The lowest BCUT2D eigenvalue weighted by Gasteiger charge is -2.32. The van der Waals surface area contributed by atoms with E-state index >= 15 is 0 Å². The maximum absolute atomic E-state index is 5.15. The van der Waals surface area contributed by atoms with E-state index in [9.17, 15) is 0 Å². The molecule has 1 aliphatic heterocycles. The predicted molar refractivity (Wildman–Crippen MR) is 73.8 cm³/mol. The summed E-state index contributed by atoms with van der Waals surface area (Å²) in [6.07, 6.45) is 1.05. The lowest BCUT2D eigenvalue weighted by atomic mass is 10.1. The van der Waals surface area contributed by atoms with Gasteiger partial charge in [-0.3, -0.25) is 5.43 Å². The molecule has 18 heavy (non-hydrogen) atoms. The SMILES string of the molecule is COc1ccc(CCNN2CCN(C)CC2)cc1. The van der Waals surface area contributed by atoms with E-state index in [2.05, 4.69) is 34.5 Å². The molecule has 4 heteroatoms. The van der Waals surface area contributed by atoms with Crippen LogP contribution in [0.4, 0.5) is 0 Å². The predicted octanol–water partition coefficient (Wildman–Crippen LogP) is 0.990. The zero-order valence-electron chi connectivity index (χ0n) is 11.4. The van der Waals surface area contributed by atoms with Gasteiger partial charge < -0.3 is 9.64 Å². The number of hydrogen-bond acceptors (Lipinski definition) is 4. The van der Waals surface area contributed by atoms with Crippen LogP contribution < -0.4 is 10.2 Å². The molecule has 2 rings (SSSR count). The third-order valence-corrected chi connectivity index (χ3v) is 3.41. The quantitative estimate of drug-likeness (QED) is 0.842. The second-order valence-corrected chi connectivity index (χ2v) is 4.80. The van der Waals surface area contributed by atoms with Crippen LogP contribution in [0.25, 0.3) is 0 Å². The van der Waals surface area contributed by atoms with Crippen molar-refractivity contribution in [3.05, 3.63) is 29.8 Å². The molecule has 4 nitrogen and oxygen atoms in total. The topological polar surface area (TPSA) is 27.7 Å². The van der Waals surface area contributed by atoms with Gasteiger partial charge in [0.15, 0.2) is 0 Å². The number of methoxy groups -OCH3 is 1. The molecule has 1 aromatic rings. The normalized spacial score (nSPS) is 17.9. The Morgan fingerprint density at radius 1 is 1.11 bits per heavy atom. The Labute approximate surface area is 109 Å². The van der Waals surface area contributed by atoms with Crippen molar-refractivity contribution in [2.75, 3.05) is 46.9 Å². The second kappa shape index (κ2) is 6.73. The molecule has 0 amide bonds. The van der Waals surface area contributed by atoms with Crippen molar-refractivity contribution in [2.45, 2.75) is 6.42 Å². The molecule has 0 bridgehead atoms. The van der Waals surface area contributed by atoms with Crippen LogP contribution >= 0.6 is 0 Å². The number of ether oxygens (including phenoxy) is 1. The molecule has 0 unspecified atom stereocenters. The highest BCUT2D eigenvalue weighted by molar-refractivity contribution is 5.27. The number of rotatable bonds is 5. The second-order valence-electron chi connectivity index (χ2n) is 4.80. The summed E-state index contributed by atoms with van der Waals surface area (Å²) in [6, 6.07) is 8.30. The van der Waals surface area contributed by atoms with Crippen LogP contribution in [0, 0.1) is 0 Å². The molecule has 1 heterocycles. The molecule has 0 radical (unpaired) electrons. The van der Waals surface area contributed by atoms with Crippen molar-refractivity contribution in [3.63, 3.8) is 0 Å². The molecule has 0 aromatic heterocycles. The largest absolute Gasteiger partial charge is 0.497 e. The highest BCUT2D eigenvalue weighted by Crippen LogP contribution is 2.11. The minimum atomic E-state index is 0.922. The van der Waals surface area contributed by atoms with E-state index < -0.39 is 0 Å². The standard InChI is InChI=1S/C14H23N3O/c1-16-9-11-17(12-10-16)15-8-7-13-3-5-14(18-2)6-4-13/h3-6,15H,7-12H2,1-2H3. The first kappa shape index (κ1) is 13.3. The van der Waals surface area contributed by atoms with E-state index in [1.54, 1.807) is 7.11 Å². The molecule has 0 saturated carbocycles. The van der Waals surface area contributed by atoms with Gasteiger partial charge in [-0.1, -0.05) is 12.1 Å². The van der Waals surface area contributed by atoms with Crippen LogP contribution in [0.2, 0.25) is 0 Å². The first-order valence-electron chi connectivity index (χ1n) is 6.58. The van der Waals surface area contributed by atoms with Gasteiger partial charge in [-0.25, -0.2) is 5.01 Å². The Morgan fingerprint density at radius 3 is 2.39 bits per heavy atom. The zero-order chi connectivity index (χ0) is 12.8. The number of nitrogens with zero attached hydrogens (tertiary/aromatic N) is 2. The fourth-order valence-electron chi connectivity index (χ4n) is 2.12. The third kappa shape index (κ3) is 3.98. The van der Waals surface area contributed by atoms with Crippen molar-refractivity contribution in [3.8, 4) is 5.75 Å². The van der Waals surface area contributed by atoms with Gasteiger partial charge in [0.25, 0.3) is 0 Å². The van der Waals surface area contributed by atoms with Crippen LogP contribution in [0.3, 0.4) is 0 Å². The number of hydrazine groups is 1. The van der Waals surface area contributed by atoms with Gasteiger partial charge in [-0.15, -0.1) is 0 Å². The highest BCUT2D eigenvalue weighted by atomic mass is 16.5. The summed E-state index contributed by atoms with van der Waals surface area (Å²) in [6.45, 7) is 5.51. The first-order chi connectivity index (χ1) is 8.78. The summed E-state index contributed by atoms with van der Waals surface area (Å²) in [7, 11) is 3.87. The Bertz CT molecular complexity index is 345. The maximum atomic E-state index is 5.15. The fraction of sp³-hybridized carbons (Fsp3) is 0.571. The van der Waals surface area contributed by atoms with E-state index in [-0.39, 0.29) is 0 Å². The number of piperazine rings is 1. The van der Waals surface area contributed by atoms with E-state index in [0.29, 0.717) is 0 Å². The molecule has 1 saturated heterocycles. The summed E-state index contributed by atoms with van der Waals surface area (Å²) in [5.41, 5.74) is 4.84. The van der Waals surface area contributed by atoms with Crippen LogP contribution in [-0.2, 0) is 6.42 Å². The van der Waals surface area contributed by atoms with Crippen molar-refractivity contribution in [1.82, 2.24) is 15.3 Å². The van der Waals surface area contributed by atoms with E-state index in [0.717, 1.165) is 44.9 Å². The number of nitrogens with one attached hydrogen (secondary N) is 1. The summed E-state index contributed by atoms with van der Waals surface area (Å²) in [5.74, 6) is 0.922. The minimum absolute atomic E-state index is 0.922. The number of likely N-dealkylation sites (N-methyl/N-ethyl adjacent to an activating group) is 1. The van der Waals surface area contributed by atoms with Gasteiger partial charge in [-0.2, -0.15) is 0 Å². The van der Waals surface area contributed by atoms with Gasteiger partial charge in [0.1, 0.15) is 5.75 Å². The summed E-state index contributed by atoms with van der Waals surface area (Å²) >= 11 is 0. The molecule has 1 aromatic carbocycles. The molecule has 1 aliphatic rings. The fourth-order valence-corrected chi connectivity index (χ4v) is 2.12. The Hall–Kier alpha value is -1.10. The summed E-state index contributed by atoms with van der Waals surface area (Å²) < 4.78 is 5.15. The van der Waals surface area contributed by atoms with Crippen LogP contribution in [0.5, 0.6) is 5.75 Å². The van der Waals surface area contributed by atoms with Crippen molar-refractivity contribution in [2.24, 2.45) is 0 Å². The van der Waals surface area contributed by atoms with Crippen molar-refractivity contribution < 1.29 is 4.74 Å². The number of hydrogen-bond donors (Lipinski definition) is 1. The molecule has 0 aliphatic carbocycles. The van der Waals surface area contributed by atoms with Crippen LogP contribution in [0.15, 0.2) is 24.3 Å². The average Bonchev–Trinajstić information content (AvgIpc) is 2.42.